The number of methoxy groups -OCH3 is 1. The molecule has 0 aliphatic heterocycles. The lowest BCUT2D eigenvalue weighted by Crippen LogP contribution is -1.84. The molecule has 2 aromatic carbocycles. The first-order valence-corrected chi connectivity index (χ1v) is 7.55. The number of rotatable bonds is 5. The molecule has 2 aromatic rings. The molecule has 0 N–H and O–H groups in total. The number of ether oxygens (including phenoxy) is 1. The number of carbonyl (C=O) groups is 1. The van der Waals surface area contributed by atoms with Gasteiger partial charge < -0.3 is 4.74 Å². The third-order valence-corrected chi connectivity index (χ3v) is 3.82. The second-order valence-corrected chi connectivity index (χ2v) is 5.78. The Labute approximate surface area is 123 Å². The van der Waals surface area contributed by atoms with Crippen molar-refractivity contribution in [3.8, 4) is 5.75 Å². The number of allylic oxidation sites excluding steroid dienone is 1. The second kappa shape index (κ2) is 7.15. The lowest BCUT2D eigenvalue weighted by Gasteiger charge is -2.03. The van der Waals surface area contributed by atoms with Gasteiger partial charge in [0.15, 0.2) is 5.12 Å². The molecule has 2 rings (SSSR count). The highest BCUT2D eigenvalue weighted by atomic mass is 32.2. The van der Waals surface area contributed by atoms with E-state index in [1.165, 1.54) is 28.1 Å². The van der Waals surface area contributed by atoms with Crippen LogP contribution in [0, 0.1) is 0 Å². The normalized spacial score (nSPS) is 11.1. The Morgan fingerprint density at radius 2 is 1.95 bits per heavy atom. The van der Waals surface area contributed by atoms with Crippen LogP contribution in [0.4, 0.5) is 0 Å². The van der Waals surface area contributed by atoms with Gasteiger partial charge in [0.1, 0.15) is 5.75 Å². The van der Waals surface area contributed by atoms with Crippen LogP contribution >= 0.6 is 11.8 Å². The second-order valence-electron chi connectivity index (χ2n) is 4.50. The maximum atomic E-state index is 10.8. The van der Waals surface area contributed by atoms with E-state index in [1.807, 2.05) is 12.1 Å². The molecular formula is C17H18O2S. The highest BCUT2D eigenvalue weighted by molar-refractivity contribution is 8.13. The topological polar surface area (TPSA) is 26.3 Å². The van der Waals surface area contributed by atoms with Crippen molar-refractivity contribution < 1.29 is 9.53 Å². The van der Waals surface area contributed by atoms with E-state index in [9.17, 15) is 4.79 Å². The van der Waals surface area contributed by atoms with Gasteiger partial charge in [-0.15, -0.1) is 0 Å². The number of fused-ring (bicyclic) bond motifs is 1. The smallest absolute Gasteiger partial charge is 0.185 e. The minimum absolute atomic E-state index is 0.179. The van der Waals surface area contributed by atoms with Crippen molar-refractivity contribution in [2.75, 3.05) is 12.9 Å². The van der Waals surface area contributed by atoms with Crippen molar-refractivity contribution >= 4 is 33.7 Å². The quantitative estimate of drug-likeness (QED) is 0.755. The van der Waals surface area contributed by atoms with Gasteiger partial charge >= 0.3 is 0 Å². The van der Waals surface area contributed by atoms with Crippen LogP contribution in [0.25, 0.3) is 16.8 Å². The Morgan fingerprint density at radius 3 is 2.70 bits per heavy atom. The van der Waals surface area contributed by atoms with E-state index in [0.717, 1.165) is 17.9 Å². The molecule has 0 aliphatic rings. The first-order chi connectivity index (χ1) is 9.69. The number of hydrogen-bond donors (Lipinski definition) is 0. The molecule has 0 aliphatic carbocycles. The van der Waals surface area contributed by atoms with E-state index >= 15 is 0 Å². The highest BCUT2D eigenvalue weighted by Crippen LogP contribution is 2.22. The largest absolute Gasteiger partial charge is 0.497 e. The Balaban J connectivity index is 2.04. The van der Waals surface area contributed by atoms with Gasteiger partial charge in [-0.05, 0) is 41.0 Å². The zero-order valence-electron chi connectivity index (χ0n) is 11.8. The molecule has 0 radical (unpaired) electrons. The number of carbonyl (C=O) groups excluding carboxylic acids is 1. The molecule has 0 spiro atoms. The van der Waals surface area contributed by atoms with Crippen LogP contribution in [0.15, 0.2) is 42.5 Å². The fourth-order valence-electron chi connectivity index (χ4n) is 1.96. The number of thioether (sulfide) groups is 1. The maximum absolute atomic E-state index is 10.8. The van der Waals surface area contributed by atoms with E-state index in [-0.39, 0.29) is 5.12 Å². The van der Waals surface area contributed by atoms with E-state index < -0.39 is 0 Å². The third kappa shape index (κ3) is 4.14. The van der Waals surface area contributed by atoms with E-state index in [0.29, 0.717) is 0 Å². The van der Waals surface area contributed by atoms with Gasteiger partial charge in [0.2, 0.25) is 0 Å². The summed E-state index contributed by atoms with van der Waals surface area (Å²) in [5, 5.41) is 2.55. The summed E-state index contributed by atoms with van der Waals surface area (Å²) in [5.74, 6) is 1.72. The van der Waals surface area contributed by atoms with Crippen molar-refractivity contribution in [1.82, 2.24) is 0 Å². The molecular weight excluding hydrogens is 268 g/mol. The molecule has 104 valence electrons. The van der Waals surface area contributed by atoms with E-state index in [4.69, 9.17) is 4.74 Å². The van der Waals surface area contributed by atoms with Crippen molar-refractivity contribution in [3.05, 3.63) is 48.0 Å². The third-order valence-electron chi connectivity index (χ3n) is 2.97. The molecule has 20 heavy (non-hydrogen) atoms. The van der Waals surface area contributed by atoms with Crippen LogP contribution in [-0.4, -0.2) is 18.0 Å². The lowest BCUT2D eigenvalue weighted by molar-refractivity contribution is -0.109. The highest BCUT2D eigenvalue weighted by Gasteiger charge is 1.97. The summed E-state index contributed by atoms with van der Waals surface area (Å²) >= 11 is 1.37. The lowest BCUT2D eigenvalue weighted by atomic mass is 10.1. The van der Waals surface area contributed by atoms with Gasteiger partial charge in [-0.25, -0.2) is 0 Å². The molecule has 0 atom stereocenters. The van der Waals surface area contributed by atoms with Crippen molar-refractivity contribution in [1.29, 1.82) is 0 Å². The summed E-state index contributed by atoms with van der Waals surface area (Å²) in [6, 6.07) is 12.4. The summed E-state index contributed by atoms with van der Waals surface area (Å²) in [6.07, 6.45) is 5.12. The maximum Gasteiger partial charge on any atom is 0.185 e. The Morgan fingerprint density at radius 1 is 1.20 bits per heavy atom. The average Bonchev–Trinajstić information content (AvgIpc) is 2.46. The first-order valence-electron chi connectivity index (χ1n) is 6.57. The number of hydrogen-bond acceptors (Lipinski definition) is 3. The molecule has 0 amide bonds. The Bertz CT molecular complexity index is 632. The van der Waals surface area contributed by atoms with Crippen molar-refractivity contribution in [3.63, 3.8) is 0 Å². The van der Waals surface area contributed by atoms with Crippen LogP contribution in [0.1, 0.15) is 18.9 Å². The van der Waals surface area contributed by atoms with Crippen molar-refractivity contribution in [2.24, 2.45) is 0 Å². The van der Waals surface area contributed by atoms with Crippen LogP contribution in [-0.2, 0) is 4.79 Å². The summed E-state index contributed by atoms with van der Waals surface area (Å²) in [6.45, 7) is 1.60. The standard InChI is InChI=1S/C17H18O2S/c1-13(18)20-10-4-3-5-14-6-7-16-12-17(19-2)9-8-15(16)11-14/h3,5-9,11-12H,4,10H2,1-2H3. The Kier molecular flexibility index (Phi) is 5.24. The minimum Gasteiger partial charge on any atom is -0.497 e. The molecule has 0 aromatic heterocycles. The fraction of sp³-hybridized carbons (Fsp3) is 0.235. The molecule has 3 heteroatoms. The molecule has 0 heterocycles. The summed E-state index contributed by atoms with van der Waals surface area (Å²) in [5.41, 5.74) is 1.18. The van der Waals surface area contributed by atoms with Gasteiger partial charge in [0, 0.05) is 12.7 Å². The van der Waals surface area contributed by atoms with Gasteiger partial charge in [-0.1, -0.05) is 42.1 Å². The molecule has 2 nitrogen and oxygen atoms in total. The molecule has 0 saturated heterocycles. The number of benzene rings is 2. The van der Waals surface area contributed by atoms with Crippen molar-refractivity contribution in [2.45, 2.75) is 13.3 Å². The molecule has 0 fully saturated rings. The summed E-state index contributed by atoms with van der Waals surface area (Å²) in [4.78, 5) is 10.8. The van der Waals surface area contributed by atoms with Gasteiger partial charge in [0.05, 0.1) is 7.11 Å². The Hall–Kier alpha value is -1.74. The van der Waals surface area contributed by atoms with Gasteiger partial charge in [0.25, 0.3) is 0 Å². The molecule has 0 unspecified atom stereocenters. The monoisotopic (exact) mass is 286 g/mol. The zero-order chi connectivity index (χ0) is 14.4. The predicted molar refractivity (Wildman–Crippen MR) is 87.3 cm³/mol. The van der Waals surface area contributed by atoms with Crippen LogP contribution in [0.2, 0.25) is 0 Å². The van der Waals surface area contributed by atoms with Gasteiger partial charge in [-0.2, -0.15) is 0 Å². The van der Waals surface area contributed by atoms with Crippen LogP contribution < -0.4 is 4.74 Å². The van der Waals surface area contributed by atoms with E-state index in [2.05, 4.69) is 36.4 Å². The average molecular weight is 286 g/mol. The fourth-order valence-corrected chi connectivity index (χ4v) is 2.50. The molecule has 0 bridgehead atoms. The van der Waals surface area contributed by atoms with Gasteiger partial charge in [-0.3, -0.25) is 4.79 Å². The predicted octanol–water partition coefficient (Wildman–Crippen LogP) is 4.53. The zero-order valence-corrected chi connectivity index (χ0v) is 12.6. The van der Waals surface area contributed by atoms with Crippen LogP contribution in [0.5, 0.6) is 5.75 Å². The molecule has 0 saturated carbocycles. The van der Waals surface area contributed by atoms with E-state index in [1.54, 1.807) is 14.0 Å². The minimum atomic E-state index is 0.179. The van der Waals surface area contributed by atoms with Crippen LogP contribution in [0.3, 0.4) is 0 Å². The SMILES string of the molecule is COc1ccc2cc(C=CCCSC(C)=O)ccc2c1. The summed E-state index contributed by atoms with van der Waals surface area (Å²) < 4.78 is 5.22. The summed E-state index contributed by atoms with van der Waals surface area (Å²) in [7, 11) is 1.68. The first kappa shape index (κ1) is 14.7.